The van der Waals surface area contributed by atoms with Crippen molar-refractivity contribution in [2.75, 3.05) is 25.1 Å². The standard InChI is InChI=1S/C18H26N3OP/c1-13(2)10-16(19)18(22)20-15-7-6-14(17(11-15)23-3)12-21-8-4-5-9-21/h6-7,10-11,19,23H,4-5,8-9,12H2,1-3H3,(H,20,22). The summed E-state index contributed by atoms with van der Waals surface area (Å²) in [4.78, 5) is 14.5. The predicted octanol–water partition coefficient (Wildman–Crippen LogP) is 3.14. The molecule has 1 unspecified atom stereocenters. The summed E-state index contributed by atoms with van der Waals surface area (Å²) >= 11 is 0. The highest BCUT2D eigenvalue weighted by molar-refractivity contribution is 7.46. The van der Waals surface area contributed by atoms with Crippen LogP contribution in [0.25, 0.3) is 0 Å². The van der Waals surface area contributed by atoms with Gasteiger partial charge in [0.25, 0.3) is 5.91 Å². The first-order valence-electron chi connectivity index (χ1n) is 8.07. The van der Waals surface area contributed by atoms with E-state index in [1.54, 1.807) is 6.08 Å². The Morgan fingerprint density at radius 1 is 1.35 bits per heavy atom. The van der Waals surface area contributed by atoms with Gasteiger partial charge in [-0.2, -0.15) is 0 Å². The van der Waals surface area contributed by atoms with Crippen LogP contribution in [0.15, 0.2) is 29.8 Å². The molecule has 2 rings (SSSR count). The molecule has 1 heterocycles. The van der Waals surface area contributed by atoms with Gasteiger partial charge in [0.2, 0.25) is 0 Å². The van der Waals surface area contributed by atoms with Crippen molar-refractivity contribution in [3.63, 3.8) is 0 Å². The molecule has 1 fully saturated rings. The van der Waals surface area contributed by atoms with Crippen LogP contribution in [0.2, 0.25) is 0 Å². The van der Waals surface area contributed by atoms with Crippen molar-refractivity contribution in [2.24, 2.45) is 0 Å². The van der Waals surface area contributed by atoms with Crippen LogP contribution in [0.3, 0.4) is 0 Å². The quantitative estimate of drug-likeness (QED) is 0.621. The van der Waals surface area contributed by atoms with Gasteiger partial charge in [0.05, 0.1) is 0 Å². The van der Waals surface area contributed by atoms with Crippen LogP contribution in [-0.4, -0.2) is 36.3 Å². The van der Waals surface area contributed by atoms with E-state index in [9.17, 15) is 4.79 Å². The van der Waals surface area contributed by atoms with Crippen molar-refractivity contribution >= 4 is 31.2 Å². The summed E-state index contributed by atoms with van der Waals surface area (Å²) in [6.45, 7) is 9.30. The number of anilines is 1. The zero-order valence-corrected chi connectivity index (χ0v) is 15.2. The Hall–Kier alpha value is -1.51. The lowest BCUT2D eigenvalue weighted by molar-refractivity contribution is -0.110. The Kier molecular flexibility index (Phi) is 6.49. The maximum absolute atomic E-state index is 12.0. The van der Waals surface area contributed by atoms with Crippen LogP contribution in [0.5, 0.6) is 0 Å². The normalized spacial score (nSPS) is 15.1. The SMILES string of the molecule is CPc1cc(NC(=O)C(=N)C=C(C)C)ccc1CN1CCCC1. The summed E-state index contributed by atoms with van der Waals surface area (Å²) in [5.74, 6) is -0.358. The van der Waals surface area contributed by atoms with Gasteiger partial charge in [0, 0.05) is 12.2 Å². The van der Waals surface area contributed by atoms with Crippen LogP contribution in [0.1, 0.15) is 32.3 Å². The van der Waals surface area contributed by atoms with Gasteiger partial charge in [-0.25, -0.2) is 0 Å². The first-order valence-corrected chi connectivity index (χ1v) is 9.57. The molecule has 1 amide bonds. The van der Waals surface area contributed by atoms with Gasteiger partial charge in [0.1, 0.15) is 5.71 Å². The highest BCUT2D eigenvalue weighted by Gasteiger charge is 2.14. The number of carbonyl (C=O) groups excluding carboxylic acids is 1. The zero-order chi connectivity index (χ0) is 16.8. The van der Waals surface area contributed by atoms with E-state index < -0.39 is 0 Å². The molecule has 0 saturated carbocycles. The molecule has 1 aromatic carbocycles. The van der Waals surface area contributed by atoms with Crippen molar-refractivity contribution < 1.29 is 4.79 Å². The average Bonchev–Trinajstić information content (AvgIpc) is 3.01. The van der Waals surface area contributed by atoms with E-state index in [-0.39, 0.29) is 11.6 Å². The fourth-order valence-corrected chi connectivity index (χ4v) is 3.54. The van der Waals surface area contributed by atoms with E-state index in [0.29, 0.717) is 8.58 Å². The lowest BCUT2D eigenvalue weighted by Crippen LogP contribution is -2.23. The van der Waals surface area contributed by atoms with Gasteiger partial charge < -0.3 is 5.32 Å². The highest BCUT2D eigenvalue weighted by atomic mass is 31.1. The van der Waals surface area contributed by atoms with Gasteiger partial charge in [-0.1, -0.05) is 20.2 Å². The van der Waals surface area contributed by atoms with Crippen LogP contribution < -0.4 is 10.6 Å². The maximum atomic E-state index is 12.0. The van der Waals surface area contributed by atoms with Crippen LogP contribution >= 0.6 is 8.58 Å². The summed E-state index contributed by atoms with van der Waals surface area (Å²) in [6, 6.07) is 6.12. The van der Waals surface area contributed by atoms with Crippen molar-refractivity contribution in [1.82, 2.24) is 4.90 Å². The molecule has 1 atom stereocenters. The van der Waals surface area contributed by atoms with Gasteiger partial charge in [-0.3, -0.25) is 15.1 Å². The number of amides is 1. The number of hydrogen-bond acceptors (Lipinski definition) is 3. The Morgan fingerprint density at radius 2 is 2.04 bits per heavy atom. The third-order valence-corrected chi connectivity index (χ3v) is 4.91. The molecular formula is C18H26N3OP. The van der Waals surface area contributed by atoms with Crippen molar-refractivity contribution in [3.8, 4) is 0 Å². The molecule has 1 saturated heterocycles. The number of likely N-dealkylation sites (tertiary alicyclic amines) is 1. The van der Waals surface area contributed by atoms with Gasteiger partial charge >= 0.3 is 0 Å². The number of carbonyl (C=O) groups is 1. The van der Waals surface area contributed by atoms with Crippen molar-refractivity contribution in [1.29, 1.82) is 5.41 Å². The second kappa shape index (κ2) is 8.37. The van der Waals surface area contributed by atoms with Crippen molar-refractivity contribution in [2.45, 2.75) is 33.2 Å². The average molecular weight is 331 g/mol. The van der Waals surface area contributed by atoms with Crippen LogP contribution in [0.4, 0.5) is 5.69 Å². The molecule has 124 valence electrons. The molecule has 0 aromatic heterocycles. The first kappa shape index (κ1) is 17.8. The summed E-state index contributed by atoms with van der Waals surface area (Å²) in [5, 5.41) is 11.9. The Labute approximate surface area is 140 Å². The topological polar surface area (TPSA) is 56.2 Å². The second-order valence-corrected chi connectivity index (χ2v) is 7.23. The number of nitrogens with zero attached hydrogens (tertiary/aromatic N) is 1. The van der Waals surface area contributed by atoms with Gasteiger partial charge in [-0.15, -0.1) is 0 Å². The van der Waals surface area contributed by atoms with E-state index in [4.69, 9.17) is 5.41 Å². The minimum absolute atomic E-state index is 0.00774. The maximum Gasteiger partial charge on any atom is 0.273 e. The van der Waals surface area contributed by atoms with Crippen LogP contribution in [0, 0.1) is 5.41 Å². The third-order valence-electron chi connectivity index (χ3n) is 3.91. The lowest BCUT2D eigenvalue weighted by Gasteiger charge is -2.18. The van der Waals surface area contributed by atoms with Gasteiger partial charge in [-0.05, 0) is 75.5 Å². The second-order valence-electron chi connectivity index (χ2n) is 6.19. The monoisotopic (exact) mass is 331 g/mol. The van der Waals surface area contributed by atoms with E-state index >= 15 is 0 Å². The number of allylic oxidation sites excluding steroid dienone is 1. The van der Waals surface area contributed by atoms with Crippen LogP contribution in [-0.2, 0) is 11.3 Å². The largest absolute Gasteiger partial charge is 0.321 e. The fourth-order valence-electron chi connectivity index (χ4n) is 2.76. The summed E-state index contributed by atoms with van der Waals surface area (Å²) in [5.41, 5.74) is 3.06. The molecule has 1 aliphatic rings. The van der Waals surface area contributed by atoms with E-state index in [2.05, 4.69) is 29.0 Å². The Morgan fingerprint density at radius 3 is 2.65 bits per heavy atom. The highest BCUT2D eigenvalue weighted by Crippen LogP contribution is 2.19. The molecule has 2 N–H and O–H groups in total. The lowest BCUT2D eigenvalue weighted by atomic mass is 10.1. The van der Waals surface area contributed by atoms with E-state index in [1.807, 2.05) is 19.9 Å². The number of rotatable bonds is 6. The first-order chi connectivity index (χ1) is 11.0. The summed E-state index contributed by atoms with van der Waals surface area (Å²) in [7, 11) is 0.692. The van der Waals surface area contributed by atoms with E-state index in [1.165, 1.54) is 36.8 Å². The smallest absolute Gasteiger partial charge is 0.273 e. The molecule has 4 nitrogen and oxygen atoms in total. The third kappa shape index (κ3) is 5.26. The number of hydrogen-bond donors (Lipinski definition) is 2. The minimum Gasteiger partial charge on any atom is -0.321 e. The minimum atomic E-state index is -0.358. The fraction of sp³-hybridized carbons (Fsp3) is 0.444. The number of benzene rings is 1. The molecule has 23 heavy (non-hydrogen) atoms. The number of nitrogens with one attached hydrogen (secondary N) is 2. The molecule has 5 heteroatoms. The van der Waals surface area contributed by atoms with Gasteiger partial charge in [0.15, 0.2) is 0 Å². The Balaban J connectivity index is 2.07. The summed E-state index contributed by atoms with van der Waals surface area (Å²) < 4.78 is 0. The predicted molar refractivity (Wildman–Crippen MR) is 101 cm³/mol. The van der Waals surface area contributed by atoms with E-state index in [0.717, 1.165) is 17.8 Å². The molecule has 0 bridgehead atoms. The molecule has 1 aliphatic heterocycles. The molecule has 0 aliphatic carbocycles. The Bertz CT molecular complexity index is 615. The molecule has 0 spiro atoms. The van der Waals surface area contributed by atoms with Crippen molar-refractivity contribution in [3.05, 3.63) is 35.4 Å². The molecular weight excluding hydrogens is 305 g/mol. The zero-order valence-electron chi connectivity index (χ0n) is 14.2. The molecule has 0 radical (unpaired) electrons. The summed E-state index contributed by atoms with van der Waals surface area (Å²) in [6.07, 6.45) is 4.17. The molecule has 1 aromatic rings.